The summed E-state index contributed by atoms with van der Waals surface area (Å²) in [5.74, 6) is 0.111. The molecule has 112 valence electrons. The van der Waals surface area contributed by atoms with Crippen LogP contribution < -0.4 is 4.74 Å². The van der Waals surface area contributed by atoms with Gasteiger partial charge in [0.25, 0.3) is 0 Å². The molecule has 1 aromatic carbocycles. The van der Waals surface area contributed by atoms with E-state index in [4.69, 9.17) is 4.74 Å². The predicted octanol–water partition coefficient (Wildman–Crippen LogP) is 3.87. The van der Waals surface area contributed by atoms with E-state index < -0.39 is 5.97 Å². The molecule has 0 saturated heterocycles. The van der Waals surface area contributed by atoms with E-state index in [0.29, 0.717) is 11.3 Å². The first-order valence-corrected chi connectivity index (χ1v) is 7.12. The average Bonchev–Trinajstić information content (AvgIpc) is 2.63. The Morgan fingerprint density at radius 2 is 1.26 bits per heavy atom. The van der Waals surface area contributed by atoms with E-state index in [2.05, 4.69) is 9.97 Å². The number of hydrogen-bond donors (Lipinski definition) is 0. The van der Waals surface area contributed by atoms with Gasteiger partial charge >= 0.3 is 5.97 Å². The van der Waals surface area contributed by atoms with Crippen LogP contribution in [0.4, 0.5) is 0 Å². The topological polar surface area (TPSA) is 52.1 Å². The fraction of sp³-hybridized carbons (Fsp3) is 0. The molecular formula is C19H14N2O2. The van der Waals surface area contributed by atoms with Gasteiger partial charge in [-0.25, -0.2) is 4.79 Å². The summed E-state index contributed by atoms with van der Waals surface area (Å²) < 4.78 is 5.32. The van der Waals surface area contributed by atoms with Crippen molar-refractivity contribution in [2.24, 2.45) is 0 Å². The molecule has 0 radical (unpaired) electrons. The van der Waals surface area contributed by atoms with Crippen LogP contribution in [0, 0.1) is 0 Å². The summed E-state index contributed by atoms with van der Waals surface area (Å²) in [5, 5.41) is 0. The zero-order chi connectivity index (χ0) is 15.9. The molecule has 0 unspecified atom stereocenters. The van der Waals surface area contributed by atoms with E-state index in [1.54, 1.807) is 49.1 Å². The molecule has 3 aromatic rings. The molecule has 0 fully saturated rings. The van der Waals surface area contributed by atoms with Gasteiger partial charge in [0.15, 0.2) is 0 Å². The SMILES string of the molecule is O=C(Oc1ccc(C=Cc2ccncc2)cc1)c1ccncc1. The number of hydrogen-bond acceptors (Lipinski definition) is 4. The van der Waals surface area contributed by atoms with Crippen molar-refractivity contribution in [3.63, 3.8) is 0 Å². The number of carbonyl (C=O) groups is 1. The Balaban J connectivity index is 1.65. The van der Waals surface area contributed by atoms with Gasteiger partial charge in [-0.15, -0.1) is 0 Å². The van der Waals surface area contributed by atoms with E-state index >= 15 is 0 Å². The minimum atomic E-state index is -0.396. The summed E-state index contributed by atoms with van der Waals surface area (Å²) in [6.45, 7) is 0. The van der Waals surface area contributed by atoms with Crippen molar-refractivity contribution >= 4 is 18.1 Å². The van der Waals surface area contributed by atoms with Gasteiger partial charge in [-0.05, 0) is 47.5 Å². The number of aromatic nitrogens is 2. The predicted molar refractivity (Wildman–Crippen MR) is 88.8 cm³/mol. The number of nitrogens with zero attached hydrogens (tertiary/aromatic N) is 2. The third kappa shape index (κ3) is 4.11. The smallest absolute Gasteiger partial charge is 0.343 e. The fourth-order valence-corrected chi connectivity index (χ4v) is 1.97. The molecule has 0 aliphatic heterocycles. The molecule has 0 bridgehead atoms. The Morgan fingerprint density at radius 1 is 0.739 bits per heavy atom. The van der Waals surface area contributed by atoms with Gasteiger partial charge in [0.1, 0.15) is 5.75 Å². The molecule has 2 heterocycles. The van der Waals surface area contributed by atoms with Crippen molar-refractivity contribution in [3.05, 3.63) is 90.0 Å². The highest BCUT2D eigenvalue weighted by Gasteiger charge is 2.07. The lowest BCUT2D eigenvalue weighted by Crippen LogP contribution is -2.08. The summed E-state index contributed by atoms with van der Waals surface area (Å²) in [4.78, 5) is 19.8. The number of esters is 1. The monoisotopic (exact) mass is 302 g/mol. The fourth-order valence-electron chi connectivity index (χ4n) is 1.97. The van der Waals surface area contributed by atoms with Crippen LogP contribution >= 0.6 is 0 Å². The second-order valence-corrected chi connectivity index (χ2v) is 4.81. The van der Waals surface area contributed by atoms with Crippen LogP contribution in [-0.2, 0) is 0 Å². The third-order valence-electron chi connectivity index (χ3n) is 3.18. The van der Waals surface area contributed by atoms with E-state index in [1.807, 2.05) is 36.4 Å². The Bertz CT molecular complexity index is 798. The van der Waals surface area contributed by atoms with Gasteiger partial charge in [0, 0.05) is 24.8 Å². The summed E-state index contributed by atoms with van der Waals surface area (Å²) in [5.41, 5.74) is 2.57. The van der Waals surface area contributed by atoms with Crippen LogP contribution in [0.1, 0.15) is 21.5 Å². The number of carbonyl (C=O) groups excluding carboxylic acids is 1. The minimum Gasteiger partial charge on any atom is -0.423 e. The second kappa shape index (κ2) is 7.13. The van der Waals surface area contributed by atoms with Gasteiger partial charge in [0.2, 0.25) is 0 Å². The molecule has 0 N–H and O–H groups in total. The Kier molecular flexibility index (Phi) is 4.55. The Hall–Kier alpha value is -3.27. The minimum absolute atomic E-state index is 0.396. The van der Waals surface area contributed by atoms with Crippen molar-refractivity contribution in [2.45, 2.75) is 0 Å². The van der Waals surface area contributed by atoms with Crippen LogP contribution in [0.5, 0.6) is 5.75 Å². The summed E-state index contributed by atoms with van der Waals surface area (Å²) in [7, 11) is 0. The van der Waals surface area contributed by atoms with Crippen LogP contribution in [0.2, 0.25) is 0 Å². The largest absolute Gasteiger partial charge is 0.423 e. The summed E-state index contributed by atoms with van der Waals surface area (Å²) in [6.07, 6.45) is 10.6. The first kappa shape index (κ1) is 14.7. The van der Waals surface area contributed by atoms with E-state index in [9.17, 15) is 4.79 Å². The molecule has 0 spiro atoms. The third-order valence-corrected chi connectivity index (χ3v) is 3.18. The highest BCUT2D eigenvalue weighted by molar-refractivity contribution is 5.90. The van der Waals surface area contributed by atoms with Crippen molar-refractivity contribution in [2.75, 3.05) is 0 Å². The molecule has 2 aromatic heterocycles. The van der Waals surface area contributed by atoms with Gasteiger partial charge < -0.3 is 4.74 Å². The van der Waals surface area contributed by atoms with Crippen molar-refractivity contribution in [1.29, 1.82) is 0 Å². The molecular weight excluding hydrogens is 288 g/mol. The highest BCUT2D eigenvalue weighted by Crippen LogP contribution is 2.16. The van der Waals surface area contributed by atoms with Crippen molar-refractivity contribution < 1.29 is 9.53 Å². The lowest BCUT2D eigenvalue weighted by Gasteiger charge is -2.04. The van der Waals surface area contributed by atoms with Gasteiger partial charge in [-0.3, -0.25) is 9.97 Å². The van der Waals surface area contributed by atoms with Crippen LogP contribution in [-0.4, -0.2) is 15.9 Å². The molecule has 0 saturated carbocycles. The van der Waals surface area contributed by atoms with Crippen molar-refractivity contribution in [3.8, 4) is 5.75 Å². The van der Waals surface area contributed by atoms with Gasteiger partial charge in [-0.1, -0.05) is 24.3 Å². The van der Waals surface area contributed by atoms with Crippen LogP contribution in [0.15, 0.2) is 73.3 Å². The molecule has 4 nitrogen and oxygen atoms in total. The molecule has 3 rings (SSSR count). The Labute approximate surface area is 134 Å². The molecule has 0 aliphatic carbocycles. The van der Waals surface area contributed by atoms with E-state index in [0.717, 1.165) is 11.1 Å². The molecule has 23 heavy (non-hydrogen) atoms. The van der Waals surface area contributed by atoms with Gasteiger partial charge in [0.05, 0.1) is 5.56 Å². The molecule has 0 aliphatic rings. The highest BCUT2D eigenvalue weighted by atomic mass is 16.5. The van der Waals surface area contributed by atoms with E-state index in [-0.39, 0.29) is 0 Å². The summed E-state index contributed by atoms with van der Waals surface area (Å²) in [6, 6.07) is 14.4. The number of ether oxygens (including phenoxy) is 1. The standard InChI is InChI=1S/C19H14N2O2/c22-19(17-9-13-21-14-10-17)23-18-5-3-15(4-6-18)1-2-16-7-11-20-12-8-16/h1-14H. The molecule has 0 amide bonds. The van der Waals surface area contributed by atoms with Crippen LogP contribution in [0.3, 0.4) is 0 Å². The van der Waals surface area contributed by atoms with E-state index in [1.165, 1.54) is 0 Å². The maximum absolute atomic E-state index is 11.9. The summed E-state index contributed by atoms with van der Waals surface area (Å²) >= 11 is 0. The molecule has 4 heteroatoms. The number of pyridine rings is 2. The average molecular weight is 302 g/mol. The normalized spacial score (nSPS) is 10.6. The van der Waals surface area contributed by atoms with Crippen LogP contribution in [0.25, 0.3) is 12.2 Å². The maximum Gasteiger partial charge on any atom is 0.343 e. The molecule has 0 atom stereocenters. The number of benzene rings is 1. The van der Waals surface area contributed by atoms with Crippen molar-refractivity contribution in [1.82, 2.24) is 9.97 Å². The lowest BCUT2D eigenvalue weighted by molar-refractivity contribution is 0.0734. The second-order valence-electron chi connectivity index (χ2n) is 4.81. The lowest BCUT2D eigenvalue weighted by atomic mass is 10.1. The first-order valence-electron chi connectivity index (χ1n) is 7.12. The first-order chi connectivity index (χ1) is 11.3. The van der Waals surface area contributed by atoms with Gasteiger partial charge in [-0.2, -0.15) is 0 Å². The zero-order valence-electron chi connectivity index (χ0n) is 12.3. The Morgan fingerprint density at radius 3 is 1.87 bits per heavy atom. The number of rotatable bonds is 4. The maximum atomic E-state index is 11.9. The quantitative estimate of drug-likeness (QED) is 0.542. The zero-order valence-corrected chi connectivity index (χ0v) is 12.3.